The van der Waals surface area contributed by atoms with E-state index in [-0.39, 0.29) is 12.5 Å². The zero-order valence-electron chi connectivity index (χ0n) is 13.9. The Hall–Kier alpha value is -1.55. The normalized spacial score (nSPS) is 19.0. The molecule has 23 heavy (non-hydrogen) atoms. The summed E-state index contributed by atoms with van der Waals surface area (Å²) in [4.78, 5) is 14.0. The first-order chi connectivity index (χ1) is 11.3. The molecule has 0 bridgehead atoms. The van der Waals surface area contributed by atoms with Gasteiger partial charge in [0.05, 0.1) is 0 Å². The molecule has 2 aliphatic rings. The van der Waals surface area contributed by atoms with Crippen molar-refractivity contribution >= 4 is 5.91 Å². The molecule has 1 heterocycles. The second kappa shape index (κ2) is 8.34. The average Bonchev–Trinajstić information content (AvgIpc) is 3.14. The molecular weight excluding hydrogens is 288 g/mol. The number of hydrogen-bond donors (Lipinski definition) is 1. The van der Waals surface area contributed by atoms with E-state index in [1.165, 1.54) is 32.1 Å². The Morgan fingerprint density at radius 1 is 1.09 bits per heavy atom. The van der Waals surface area contributed by atoms with Crippen molar-refractivity contribution in [3.8, 4) is 5.75 Å². The lowest BCUT2D eigenvalue weighted by molar-refractivity contribution is -0.132. The summed E-state index contributed by atoms with van der Waals surface area (Å²) in [5.41, 5.74) is 1.15. The summed E-state index contributed by atoms with van der Waals surface area (Å²) >= 11 is 0. The van der Waals surface area contributed by atoms with E-state index < -0.39 is 0 Å². The van der Waals surface area contributed by atoms with Gasteiger partial charge in [-0.1, -0.05) is 37.5 Å². The van der Waals surface area contributed by atoms with Gasteiger partial charge in [-0.25, -0.2) is 0 Å². The zero-order chi connectivity index (χ0) is 15.9. The van der Waals surface area contributed by atoms with Gasteiger partial charge in [-0.15, -0.1) is 0 Å². The molecule has 1 saturated carbocycles. The number of nitrogens with one attached hydrogen (secondary N) is 1. The summed E-state index contributed by atoms with van der Waals surface area (Å²) in [7, 11) is 0. The minimum absolute atomic E-state index is 0.109. The van der Waals surface area contributed by atoms with E-state index in [4.69, 9.17) is 4.74 Å². The maximum atomic E-state index is 12.1. The molecule has 0 spiro atoms. The Labute approximate surface area is 139 Å². The number of ether oxygens (including phenoxy) is 1. The van der Waals surface area contributed by atoms with E-state index >= 15 is 0 Å². The number of carbonyl (C=O) groups excluding carboxylic acids is 1. The number of rotatable bonds is 6. The van der Waals surface area contributed by atoms with Crippen LogP contribution in [0.1, 0.15) is 50.5 Å². The van der Waals surface area contributed by atoms with Crippen LogP contribution in [0.2, 0.25) is 0 Å². The van der Waals surface area contributed by atoms with Crippen molar-refractivity contribution < 1.29 is 9.53 Å². The van der Waals surface area contributed by atoms with Crippen LogP contribution in [0.15, 0.2) is 24.3 Å². The number of nitrogens with zero attached hydrogens (tertiary/aromatic N) is 1. The monoisotopic (exact) mass is 316 g/mol. The Kier molecular flexibility index (Phi) is 5.92. The van der Waals surface area contributed by atoms with Crippen LogP contribution >= 0.6 is 0 Å². The highest BCUT2D eigenvalue weighted by Crippen LogP contribution is 2.21. The lowest BCUT2D eigenvalue weighted by Crippen LogP contribution is -2.32. The molecule has 0 radical (unpaired) electrons. The fraction of sp³-hybridized carbons (Fsp3) is 0.632. The summed E-state index contributed by atoms with van der Waals surface area (Å²) in [5.74, 6) is 0.945. The number of benzene rings is 1. The molecule has 4 nitrogen and oxygen atoms in total. The standard InChI is InChI=1S/C19H28N2O2/c22-19(21-12-6-7-13-21)15-23-18-11-5-4-8-16(18)14-20-17-9-2-1-3-10-17/h4-5,8,11,17,20H,1-3,6-7,9-10,12-15H2. The van der Waals surface area contributed by atoms with Crippen molar-refractivity contribution in [1.82, 2.24) is 10.2 Å². The van der Waals surface area contributed by atoms with E-state index in [1.54, 1.807) is 0 Å². The van der Waals surface area contributed by atoms with Crippen molar-refractivity contribution in [3.05, 3.63) is 29.8 Å². The molecule has 1 saturated heterocycles. The van der Waals surface area contributed by atoms with Gasteiger partial charge in [0.2, 0.25) is 0 Å². The summed E-state index contributed by atoms with van der Waals surface area (Å²) in [6.45, 7) is 2.74. The molecule has 0 aromatic heterocycles. The van der Waals surface area contributed by atoms with Gasteiger partial charge in [-0.2, -0.15) is 0 Å². The highest BCUT2D eigenvalue weighted by atomic mass is 16.5. The summed E-state index contributed by atoms with van der Waals surface area (Å²) in [5, 5.41) is 3.65. The third-order valence-corrected chi connectivity index (χ3v) is 4.97. The molecule has 126 valence electrons. The van der Waals surface area contributed by atoms with Crippen LogP contribution in [0.3, 0.4) is 0 Å². The second-order valence-corrected chi connectivity index (χ2v) is 6.70. The Balaban J connectivity index is 1.51. The molecule has 2 fully saturated rings. The third kappa shape index (κ3) is 4.71. The van der Waals surface area contributed by atoms with Gasteiger partial charge < -0.3 is 15.0 Å². The first-order valence-corrected chi connectivity index (χ1v) is 9.05. The molecule has 1 aromatic carbocycles. The SMILES string of the molecule is O=C(COc1ccccc1CNC1CCCCC1)N1CCCC1. The minimum Gasteiger partial charge on any atom is -0.483 e. The Bertz CT molecular complexity index is 506. The molecule has 3 rings (SSSR count). The quantitative estimate of drug-likeness (QED) is 0.877. The van der Waals surface area contributed by atoms with Gasteiger partial charge in [0.25, 0.3) is 5.91 Å². The smallest absolute Gasteiger partial charge is 0.260 e. The third-order valence-electron chi connectivity index (χ3n) is 4.97. The number of carbonyl (C=O) groups is 1. The van der Waals surface area contributed by atoms with Crippen LogP contribution in [-0.2, 0) is 11.3 Å². The zero-order valence-corrected chi connectivity index (χ0v) is 13.9. The molecule has 0 atom stereocenters. The van der Waals surface area contributed by atoms with Crippen LogP contribution in [0, 0.1) is 0 Å². The predicted octanol–water partition coefficient (Wildman–Crippen LogP) is 3.11. The maximum Gasteiger partial charge on any atom is 0.260 e. The highest BCUT2D eigenvalue weighted by Gasteiger charge is 2.19. The van der Waals surface area contributed by atoms with Crippen LogP contribution in [0.4, 0.5) is 0 Å². The number of likely N-dealkylation sites (tertiary alicyclic amines) is 1. The summed E-state index contributed by atoms with van der Waals surface area (Å²) in [6, 6.07) is 8.69. The van der Waals surface area contributed by atoms with Crippen LogP contribution in [0.25, 0.3) is 0 Å². The summed E-state index contributed by atoms with van der Waals surface area (Å²) < 4.78 is 5.82. The van der Waals surface area contributed by atoms with Crippen LogP contribution in [0.5, 0.6) is 5.75 Å². The van der Waals surface area contributed by atoms with E-state index in [0.29, 0.717) is 6.04 Å². The first kappa shape index (κ1) is 16.3. The number of para-hydroxylation sites is 1. The molecule has 4 heteroatoms. The van der Waals surface area contributed by atoms with Gasteiger partial charge >= 0.3 is 0 Å². The largest absolute Gasteiger partial charge is 0.483 e. The molecule has 1 aliphatic heterocycles. The number of amides is 1. The topological polar surface area (TPSA) is 41.6 Å². The molecule has 1 aromatic rings. The van der Waals surface area contributed by atoms with Crippen molar-refractivity contribution in [2.45, 2.75) is 57.5 Å². The van der Waals surface area contributed by atoms with Gasteiger partial charge in [-0.3, -0.25) is 4.79 Å². The minimum atomic E-state index is 0.109. The van der Waals surface area contributed by atoms with Gasteiger partial charge in [0, 0.05) is 31.2 Å². The fourth-order valence-corrected chi connectivity index (χ4v) is 3.55. The molecular formula is C19H28N2O2. The van der Waals surface area contributed by atoms with Gasteiger partial charge in [0.15, 0.2) is 6.61 Å². The van der Waals surface area contributed by atoms with E-state index in [9.17, 15) is 4.79 Å². The first-order valence-electron chi connectivity index (χ1n) is 9.05. The van der Waals surface area contributed by atoms with E-state index in [2.05, 4.69) is 11.4 Å². The molecule has 1 N–H and O–H groups in total. The van der Waals surface area contributed by atoms with Crippen molar-refractivity contribution in [2.24, 2.45) is 0 Å². The number of hydrogen-bond acceptors (Lipinski definition) is 3. The van der Waals surface area contributed by atoms with E-state index in [0.717, 1.165) is 43.8 Å². The van der Waals surface area contributed by atoms with Crippen LogP contribution in [-0.4, -0.2) is 36.5 Å². The highest BCUT2D eigenvalue weighted by molar-refractivity contribution is 5.78. The van der Waals surface area contributed by atoms with Gasteiger partial charge in [-0.05, 0) is 31.7 Å². The van der Waals surface area contributed by atoms with Crippen molar-refractivity contribution in [1.29, 1.82) is 0 Å². The Morgan fingerprint density at radius 2 is 1.83 bits per heavy atom. The van der Waals surface area contributed by atoms with Crippen molar-refractivity contribution in [2.75, 3.05) is 19.7 Å². The van der Waals surface area contributed by atoms with Gasteiger partial charge in [0.1, 0.15) is 5.75 Å². The second-order valence-electron chi connectivity index (χ2n) is 6.70. The molecule has 0 unspecified atom stereocenters. The lowest BCUT2D eigenvalue weighted by atomic mass is 9.95. The fourth-order valence-electron chi connectivity index (χ4n) is 3.55. The Morgan fingerprint density at radius 3 is 2.61 bits per heavy atom. The van der Waals surface area contributed by atoms with E-state index in [1.807, 2.05) is 23.1 Å². The average molecular weight is 316 g/mol. The van der Waals surface area contributed by atoms with Crippen molar-refractivity contribution in [3.63, 3.8) is 0 Å². The molecule has 1 amide bonds. The van der Waals surface area contributed by atoms with Crippen LogP contribution < -0.4 is 10.1 Å². The summed E-state index contributed by atoms with van der Waals surface area (Å²) in [6.07, 6.45) is 8.82. The maximum absolute atomic E-state index is 12.1. The molecule has 1 aliphatic carbocycles. The lowest BCUT2D eigenvalue weighted by Gasteiger charge is -2.23. The predicted molar refractivity (Wildman–Crippen MR) is 91.5 cm³/mol.